The smallest absolute Gasteiger partial charge is 0.264 e. The molecule has 0 saturated heterocycles. The minimum Gasteiger partial charge on any atom is -0.334 e. The van der Waals surface area contributed by atoms with Crippen LogP contribution in [0.4, 0.5) is 11.8 Å². The molecule has 0 fully saturated rings. The third-order valence-corrected chi connectivity index (χ3v) is 5.06. The van der Waals surface area contributed by atoms with Gasteiger partial charge in [-0.2, -0.15) is 5.10 Å². The number of aromatic nitrogens is 4. The van der Waals surface area contributed by atoms with E-state index in [1.165, 1.54) is 10.9 Å². The van der Waals surface area contributed by atoms with Crippen molar-refractivity contribution >= 4 is 58.9 Å². The highest BCUT2D eigenvalue weighted by atomic mass is 35.5. The maximum absolute atomic E-state index is 12.0. The molecule has 0 aliphatic carbocycles. The Kier molecular flexibility index (Phi) is 6.69. The van der Waals surface area contributed by atoms with Crippen LogP contribution in [-0.2, 0) is 4.79 Å². The summed E-state index contributed by atoms with van der Waals surface area (Å²) in [5.41, 5.74) is 3.29. The van der Waals surface area contributed by atoms with Crippen molar-refractivity contribution < 1.29 is 4.79 Å². The van der Waals surface area contributed by atoms with Crippen LogP contribution in [-0.4, -0.2) is 37.7 Å². The van der Waals surface area contributed by atoms with E-state index in [1.54, 1.807) is 42.6 Å². The average molecular weight is 437 g/mol. The van der Waals surface area contributed by atoms with Crippen molar-refractivity contribution in [1.82, 2.24) is 19.9 Å². The molecule has 0 aliphatic heterocycles. The summed E-state index contributed by atoms with van der Waals surface area (Å²) in [5, 5.41) is 15.7. The van der Waals surface area contributed by atoms with Gasteiger partial charge < -0.3 is 11.2 Å². The van der Waals surface area contributed by atoms with Crippen LogP contribution >= 0.6 is 35.0 Å². The Hall–Kier alpha value is -2.82. The quantitative estimate of drug-likeness (QED) is 0.225. The lowest BCUT2D eigenvalue weighted by molar-refractivity contribution is -0.113. The van der Waals surface area contributed by atoms with Gasteiger partial charge in [-0.25, -0.2) is 15.1 Å². The zero-order valence-corrected chi connectivity index (χ0v) is 16.5. The number of nitrogens with zero attached hydrogens (tertiary/aromatic N) is 5. The summed E-state index contributed by atoms with van der Waals surface area (Å²) < 4.78 is 1.19. The molecule has 3 aromatic rings. The first-order valence-electron chi connectivity index (χ1n) is 7.82. The SMILES string of the molecule is Nn1c(N/N=C/c2cccc(Cl)c2Cl)nnc1SCC(=O)Nc1ccccn1. The molecule has 0 bridgehead atoms. The summed E-state index contributed by atoms with van der Waals surface area (Å²) >= 11 is 13.2. The van der Waals surface area contributed by atoms with E-state index in [0.29, 0.717) is 26.6 Å². The lowest BCUT2D eigenvalue weighted by Gasteiger charge is -2.04. The van der Waals surface area contributed by atoms with Gasteiger partial charge in [-0.15, -0.1) is 10.2 Å². The number of anilines is 2. The van der Waals surface area contributed by atoms with Crippen LogP contribution in [0.25, 0.3) is 0 Å². The highest BCUT2D eigenvalue weighted by Gasteiger charge is 2.12. The lowest BCUT2D eigenvalue weighted by Crippen LogP contribution is -2.17. The van der Waals surface area contributed by atoms with Gasteiger partial charge in [0.25, 0.3) is 5.95 Å². The number of amides is 1. The molecule has 28 heavy (non-hydrogen) atoms. The molecule has 3 rings (SSSR count). The molecule has 1 aromatic carbocycles. The fourth-order valence-electron chi connectivity index (χ4n) is 1.98. The Morgan fingerprint density at radius 3 is 2.89 bits per heavy atom. The maximum atomic E-state index is 12.0. The molecule has 1 amide bonds. The molecule has 0 saturated carbocycles. The number of hydrogen-bond acceptors (Lipinski definition) is 8. The van der Waals surface area contributed by atoms with Gasteiger partial charge in [0.2, 0.25) is 11.1 Å². The van der Waals surface area contributed by atoms with E-state index in [-0.39, 0.29) is 17.6 Å². The standard InChI is InChI=1S/C16H14Cl2N8OS/c17-11-5-3-4-10(14(11)18)8-21-23-15-24-25-16(26(15)19)28-9-13(27)22-12-6-1-2-7-20-12/h1-8H,9,19H2,(H,23,24)(H,20,22,27)/b21-8+. The van der Waals surface area contributed by atoms with Gasteiger partial charge in [-0.3, -0.25) is 4.79 Å². The summed E-state index contributed by atoms with van der Waals surface area (Å²) in [6.07, 6.45) is 3.07. The van der Waals surface area contributed by atoms with E-state index in [0.717, 1.165) is 11.8 Å². The van der Waals surface area contributed by atoms with E-state index in [4.69, 9.17) is 29.0 Å². The van der Waals surface area contributed by atoms with Crippen molar-refractivity contribution in [2.24, 2.45) is 5.10 Å². The third-order valence-electron chi connectivity index (χ3n) is 3.28. The fourth-order valence-corrected chi connectivity index (χ4v) is 2.99. The van der Waals surface area contributed by atoms with Crippen molar-refractivity contribution in [3.63, 3.8) is 0 Å². The van der Waals surface area contributed by atoms with Crippen LogP contribution in [0.5, 0.6) is 0 Å². The number of carbonyl (C=O) groups is 1. The zero-order chi connectivity index (χ0) is 19.9. The molecule has 4 N–H and O–H groups in total. The Morgan fingerprint density at radius 2 is 2.11 bits per heavy atom. The number of nitrogens with one attached hydrogen (secondary N) is 2. The second kappa shape index (κ2) is 9.40. The van der Waals surface area contributed by atoms with Crippen LogP contribution < -0.4 is 16.6 Å². The molecule has 0 radical (unpaired) electrons. The minimum absolute atomic E-state index is 0.0906. The van der Waals surface area contributed by atoms with Crippen LogP contribution in [0.2, 0.25) is 10.0 Å². The van der Waals surface area contributed by atoms with Crippen molar-refractivity contribution in [2.45, 2.75) is 5.16 Å². The van der Waals surface area contributed by atoms with E-state index in [1.807, 2.05) is 0 Å². The monoisotopic (exact) mass is 436 g/mol. The highest BCUT2D eigenvalue weighted by Crippen LogP contribution is 2.24. The number of halogens is 2. The normalized spacial score (nSPS) is 10.9. The predicted molar refractivity (Wildman–Crippen MR) is 111 cm³/mol. The molecule has 2 aromatic heterocycles. The summed E-state index contributed by atoms with van der Waals surface area (Å²) in [7, 11) is 0. The van der Waals surface area contributed by atoms with Gasteiger partial charge in [-0.1, -0.05) is 53.2 Å². The molecule has 0 atom stereocenters. The van der Waals surface area contributed by atoms with E-state index >= 15 is 0 Å². The lowest BCUT2D eigenvalue weighted by atomic mass is 10.2. The first kappa shape index (κ1) is 19.9. The van der Waals surface area contributed by atoms with Crippen molar-refractivity contribution in [3.05, 3.63) is 58.2 Å². The molecule has 0 spiro atoms. The minimum atomic E-state index is -0.241. The average Bonchev–Trinajstić information content (AvgIpc) is 3.04. The second-order valence-electron chi connectivity index (χ2n) is 5.24. The molecular weight excluding hydrogens is 423 g/mol. The van der Waals surface area contributed by atoms with Gasteiger partial charge in [-0.05, 0) is 18.2 Å². The number of thioether (sulfide) groups is 1. The number of rotatable bonds is 7. The molecule has 144 valence electrons. The number of hydrazone groups is 1. The van der Waals surface area contributed by atoms with Crippen molar-refractivity contribution in [1.29, 1.82) is 0 Å². The molecule has 12 heteroatoms. The van der Waals surface area contributed by atoms with E-state index < -0.39 is 0 Å². The fraction of sp³-hybridized carbons (Fsp3) is 0.0625. The predicted octanol–water partition coefficient (Wildman–Crippen LogP) is 2.87. The van der Waals surface area contributed by atoms with Crippen LogP contribution in [0, 0.1) is 0 Å². The Balaban J connectivity index is 1.55. The van der Waals surface area contributed by atoms with Gasteiger partial charge in [0.15, 0.2) is 0 Å². The molecule has 2 heterocycles. The molecule has 9 nitrogen and oxygen atoms in total. The summed E-state index contributed by atoms with van der Waals surface area (Å²) in [5.74, 6) is 6.44. The molecule has 0 aliphatic rings. The van der Waals surface area contributed by atoms with Crippen molar-refractivity contribution in [2.75, 3.05) is 22.3 Å². The number of hydrogen-bond donors (Lipinski definition) is 3. The van der Waals surface area contributed by atoms with Crippen LogP contribution in [0.15, 0.2) is 52.9 Å². The number of carbonyl (C=O) groups excluding carboxylic acids is 1. The zero-order valence-electron chi connectivity index (χ0n) is 14.2. The number of pyridine rings is 1. The molecular formula is C16H14Cl2N8OS. The topological polar surface area (TPSA) is 123 Å². The first-order chi connectivity index (χ1) is 13.5. The van der Waals surface area contributed by atoms with Crippen LogP contribution in [0.3, 0.4) is 0 Å². The largest absolute Gasteiger partial charge is 0.334 e. The van der Waals surface area contributed by atoms with Crippen molar-refractivity contribution in [3.8, 4) is 0 Å². The number of nitrogens with two attached hydrogens (primary N) is 1. The Morgan fingerprint density at radius 1 is 1.25 bits per heavy atom. The Bertz CT molecular complexity index is 996. The number of benzene rings is 1. The Labute approximate surface area is 174 Å². The second-order valence-corrected chi connectivity index (χ2v) is 6.97. The number of nitrogen functional groups attached to an aromatic ring is 1. The third kappa shape index (κ3) is 5.12. The highest BCUT2D eigenvalue weighted by molar-refractivity contribution is 7.99. The van der Waals surface area contributed by atoms with E-state index in [9.17, 15) is 4.79 Å². The summed E-state index contributed by atoms with van der Waals surface area (Å²) in [6.45, 7) is 0. The summed E-state index contributed by atoms with van der Waals surface area (Å²) in [6, 6.07) is 10.4. The van der Waals surface area contributed by atoms with Gasteiger partial charge in [0, 0.05) is 11.8 Å². The first-order valence-corrected chi connectivity index (χ1v) is 9.56. The van der Waals surface area contributed by atoms with Gasteiger partial charge in [0.1, 0.15) is 5.82 Å². The maximum Gasteiger partial charge on any atom is 0.264 e. The molecule has 0 unspecified atom stereocenters. The van der Waals surface area contributed by atoms with E-state index in [2.05, 4.69) is 31.0 Å². The summed E-state index contributed by atoms with van der Waals surface area (Å²) in [4.78, 5) is 16.0. The van der Waals surface area contributed by atoms with Gasteiger partial charge >= 0.3 is 0 Å². The van der Waals surface area contributed by atoms with Crippen LogP contribution in [0.1, 0.15) is 5.56 Å². The van der Waals surface area contributed by atoms with Gasteiger partial charge in [0.05, 0.1) is 22.0 Å².